The minimum Gasteiger partial charge on any atom is -0.493 e. The highest BCUT2D eigenvalue weighted by molar-refractivity contribution is 5.98. The fraction of sp³-hybridized carbons (Fsp3) is 0.375. The predicted molar refractivity (Wildman–Crippen MR) is 122 cm³/mol. The first kappa shape index (κ1) is 22.4. The van der Waals surface area contributed by atoms with Gasteiger partial charge < -0.3 is 29.2 Å². The Labute approximate surface area is 191 Å². The maximum atomic E-state index is 12.6. The first-order valence-electron chi connectivity index (χ1n) is 10.8. The number of carboxylic acids is 1. The molecule has 0 aliphatic heterocycles. The van der Waals surface area contributed by atoms with E-state index in [9.17, 15) is 9.59 Å². The van der Waals surface area contributed by atoms with Crippen molar-refractivity contribution in [1.82, 2.24) is 14.9 Å². The molecule has 0 atom stereocenters. The van der Waals surface area contributed by atoms with Crippen molar-refractivity contribution in [2.75, 3.05) is 27.9 Å². The molecule has 0 unspecified atom stereocenters. The summed E-state index contributed by atoms with van der Waals surface area (Å²) in [5, 5.41) is 11.5. The van der Waals surface area contributed by atoms with Gasteiger partial charge in [0, 0.05) is 23.7 Å². The van der Waals surface area contributed by atoms with Crippen molar-refractivity contribution in [2.45, 2.75) is 31.7 Å². The molecule has 33 heavy (non-hydrogen) atoms. The molecule has 1 aromatic heterocycles. The molecule has 0 saturated heterocycles. The van der Waals surface area contributed by atoms with Crippen LogP contribution >= 0.6 is 0 Å². The number of nitrogens with zero attached hydrogens (tertiary/aromatic N) is 2. The van der Waals surface area contributed by atoms with Crippen LogP contribution in [0.2, 0.25) is 0 Å². The molecule has 0 bridgehead atoms. The van der Waals surface area contributed by atoms with Crippen molar-refractivity contribution >= 4 is 22.9 Å². The summed E-state index contributed by atoms with van der Waals surface area (Å²) < 4.78 is 18.7. The molecule has 1 aliphatic carbocycles. The summed E-state index contributed by atoms with van der Waals surface area (Å²) in [7, 11) is 4.71. The van der Waals surface area contributed by atoms with Gasteiger partial charge in [-0.05, 0) is 49.6 Å². The van der Waals surface area contributed by atoms with Crippen LogP contribution in [0.4, 0.5) is 0 Å². The number of fused-ring (bicyclic) bond motifs is 1. The smallest absolute Gasteiger partial charge is 0.305 e. The Kier molecular flexibility index (Phi) is 6.39. The molecular weight excluding hydrogens is 426 g/mol. The number of aliphatic carboxylic acids is 1. The fourth-order valence-corrected chi connectivity index (χ4v) is 4.05. The van der Waals surface area contributed by atoms with E-state index in [1.165, 1.54) is 0 Å². The highest BCUT2D eigenvalue weighted by atomic mass is 16.5. The van der Waals surface area contributed by atoms with Crippen molar-refractivity contribution in [3.05, 3.63) is 35.9 Å². The van der Waals surface area contributed by atoms with Gasteiger partial charge in [-0.15, -0.1) is 0 Å². The molecule has 0 radical (unpaired) electrons. The molecule has 2 N–H and O–H groups in total. The Hall–Kier alpha value is -3.75. The molecule has 2 aromatic carbocycles. The van der Waals surface area contributed by atoms with Crippen LogP contribution in [-0.4, -0.2) is 54.4 Å². The maximum Gasteiger partial charge on any atom is 0.305 e. The summed E-state index contributed by atoms with van der Waals surface area (Å²) >= 11 is 0. The molecule has 1 amide bonds. The SMILES string of the molecule is COc1cc(-c2nc3ccc(C(=O)NCCC(=O)O)cc3n2C2CCC2)cc(OC)c1OC. The predicted octanol–water partition coefficient (Wildman–Crippen LogP) is 3.66. The zero-order chi connectivity index (χ0) is 23.5. The van der Waals surface area contributed by atoms with Crippen molar-refractivity contribution in [2.24, 2.45) is 0 Å². The van der Waals surface area contributed by atoms with E-state index < -0.39 is 5.97 Å². The van der Waals surface area contributed by atoms with Gasteiger partial charge in [-0.3, -0.25) is 9.59 Å². The van der Waals surface area contributed by atoms with E-state index in [1.54, 1.807) is 27.4 Å². The molecule has 1 saturated carbocycles. The van der Waals surface area contributed by atoms with Crippen LogP contribution in [0.15, 0.2) is 30.3 Å². The lowest BCUT2D eigenvalue weighted by molar-refractivity contribution is -0.136. The van der Waals surface area contributed by atoms with E-state index in [4.69, 9.17) is 24.3 Å². The summed E-state index contributed by atoms with van der Waals surface area (Å²) in [6.45, 7) is 0.0742. The van der Waals surface area contributed by atoms with Gasteiger partial charge in [-0.2, -0.15) is 0 Å². The van der Waals surface area contributed by atoms with E-state index >= 15 is 0 Å². The lowest BCUT2D eigenvalue weighted by Gasteiger charge is -2.29. The van der Waals surface area contributed by atoms with Gasteiger partial charge in [0.15, 0.2) is 11.5 Å². The van der Waals surface area contributed by atoms with Crippen LogP contribution in [0.1, 0.15) is 42.1 Å². The van der Waals surface area contributed by atoms with Gasteiger partial charge in [0.2, 0.25) is 5.75 Å². The van der Waals surface area contributed by atoms with Crippen molar-refractivity contribution in [3.63, 3.8) is 0 Å². The monoisotopic (exact) mass is 453 g/mol. The maximum absolute atomic E-state index is 12.6. The number of imidazole rings is 1. The molecule has 174 valence electrons. The van der Waals surface area contributed by atoms with Crippen LogP contribution in [-0.2, 0) is 4.79 Å². The summed E-state index contributed by atoms with van der Waals surface area (Å²) in [6, 6.07) is 9.36. The zero-order valence-electron chi connectivity index (χ0n) is 18.9. The number of ether oxygens (including phenoxy) is 3. The summed E-state index contributed by atoms with van der Waals surface area (Å²) in [4.78, 5) is 28.2. The number of carbonyl (C=O) groups excluding carboxylic acids is 1. The number of hydrogen-bond donors (Lipinski definition) is 2. The van der Waals surface area contributed by atoms with Crippen molar-refractivity contribution in [3.8, 4) is 28.6 Å². The molecule has 3 aromatic rings. The summed E-state index contributed by atoms with van der Waals surface area (Å²) in [6.07, 6.45) is 3.06. The Bertz CT molecular complexity index is 1170. The molecule has 1 fully saturated rings. The first-order chi connectivity index (χ1) is 16.0. The minimum atomic E-state index is -0.955. The molecule has 0 spiro atoms. The van der Waals surface area contributed by atoms with Gasteiger partial charge in [0.1, 0.15) is 5.82 Å². The van der Waals surface area contributed by atoms with Crippen LogP contribution in [0.5, 0.6) is 17.2 Å². The highest BCUT2D eigenvalue weighted by Gasteiger charge is 2.27. The topological polar surface area (TPSA) is 112 Å². The fourth-order valence-electron chi connectivity index (χ4n) is 4.05. The third kappa shape index (κ3) is 4.30. The third-order valence-corrected chi connectivity index (χ3v) is 5.94. The van der Waals surface area contributed by atoms with Crippen LogP contribution in [0, 0.1) is 0 Å². The summed E-state index contributed by atoms with van der Waals surface area (Å²) in [5.74, 6) is 1.08. The average molecular weight is 453 g/mol. The highest BCUT2D eigenvalue weighted by Crippen LogP contribution is 2.44. The number of benzene rings is 2. The Morgan fingerprint density at radius 1 is 1.09 bits per heavy atom. The largest absolute Gasteiger partial charge is 0.493 e. The number of carboxylic acid groups (broad SMARTS) is 1. The number of methoxy groups -OCH3 is 3. The van der Waals surface area contributed by atoms with Crippen LogP contribution in [0.25, 0.3) is 22.4 Å². The number of amides is 1. The second-order valence-corrected chi connectivity index (χ2v) is 7.91. The Morgan fingerprint density at radius 2 is 1.79 bits per heavy atom. The van der Waals surface area contributed by atoms with Gasteiger partial charge in [-0.25, -0.2) is 4.98 Å². The Balaban J connectivity index is 1.80. The molecule has 1 heterocycles. The molecule has 4 rings (SSSR count). The molecule has 9 nitrogen and oxygen atoms in total. The minimum absolute atomic E-state index is 0.0742. The van der Waals surface area contributed by atoms with E-state index in [2.05, 4.69) is 9.88 Å². The van der Waals surface area contributed by atoms with Crippen molar-refractivity contribution < 1.29 is 28.9 Å². The van der Waals surface area contributed by atoms with Crippen LogP contribution < -0.4 is 19.5 Å². The standard InChI is InChI=1S/C24H27N3O6/c1-31-19-12-15(13-20(32-2)22(19)33-3)23-26-17-8-7-14(24(30)25-10-9-21(28)29)11-18(17)27(23)16-5-4-6-16/h7-8,11-13,16H,4-6,9-10H2,1-3H3,(H,25,30)(H,28,29). The zero-order valence-corrected chi connectivity index (χ0v) is 18.9. The number of nitrogens with one attached hydrogen (secondary N) is 1. The van der Waals surface area contributed by atoms with Gasteiger partial charge in [0.25, 0.3) is 5.91 Å². The number of hydrogen-bond acceptors (Lipinski definition) is 6. The van der Waals surface area contributed by atoms with Gasteiger partial charge >= 0.3 is 5.97 Å². The van der Waals surface area contributed by atoms with E-state index in [0.29, 0.717) is 22.8 Å². The number of carbonyl (C=O) groups is 2. The first-order valence-corrected chi connectivity index (χ1v) is 10.8. The van der Waals surface area contributed by atoms with E-state index in [1.807, 2.05) is 24.3 Å². The van der Waals surface area contributed by atoms with E-state index in [-0.39, 0.29) is 24.9 Å². The second-order valence-electron chi connectivity index (χ2n) is 7.91. The van der Waals surface area contributed by atoms with Gasteiger partial charge in [-0.1, -0.05) is 0 Å². The van der Waals surface area contributed by atoms with Crippen molar-refractivity contribution in [1.29, 1.82) is 0 Å². The normalized spacial score (nSPS) is 13.4. The third-order valence-electron chi connectivity index (χ3n) is 5.94. The summed E-state index contributed by atoms with van der Waals surface area (Å²) in [5.41, 5.74) is 2.91. The molecule has 9 heteroatoms. The lowest BCUT2D eigenvalue weighted by atomic mass is 9.92. The lowest BCUT2D eigenvalue weighted by Crippen LogP contribution is -2.26. The number of aromatic nitrogens is 2. The van der Waals surface area contributed by atoms with Gasteiger partial charge in [0.05, 0.1) is 38.8 Å². The number of rotatable bonds is 9. The van der Waals surface area contributed by atoms with E-state index in [0.717, 1.165) is 41.7 Å². The Morgan fingerprint density at radius 3 is 2.33 bits per heavy atom. The quantitative estimate of drug-likeness (QED) is 0.508. The second kappa shape index (κ2) is 9.40. The molecule has 1 aliphatic rings. The average Bonchev–Trinajstić information content (AvgIpc) is 3.14. The van der Waals surface area contributed by atoms with Crippen LogP contribution in [0.3, 0.4) is 0 Å². The molecular formula is C24H27N3O6.